The van der Waals surface area contributed by atoms with E-state index in [-0.39, 0.29) is 27.5 Å². The Hall–Kier alpha value is -0.820. The van der Waals surface area contributed by atoms with Crippen molar-refractivity contribution in [1.82, 2.24) is 4.31 Å². The molecule has 0 aliphatic carbocycles. The summed E-state index contributed by atoms with van der Waals surface area (Å²) in [5, 5.41) is 9.28. The summed E-state index contributed by atoms with van der Waals surface area (Å²) < 4.78 is 27.0. The Morgan fingerprint density at radius 2 is 1.95 bits per heavy atom. The Morgan fingerprint density at radius 3 is 2.55 bits per heavy atom. The van der Waals surface area contributed by atoms with Crippen molar-refractivity contribution in [3.05, 3.63) is 27.7 Å². The Morgan fingerprint density at radius 1 is 1.32 bits per heavy atom. The molecule has 2 atom stereocenters. The van der Waals surface area contributed by atoms with Crippen LogP contribution in [0, 0.1) is 12.8 Å². The fourth-order valence-corrected chi connectivity index (χ4v) is 5.44. The lowest BCUT2D eigenvalue weighted by atomic mass is 9.96. The first-order chi connectivity index (χ1) is 10.2. The van der Waals surface area contributed by atoms with Crippen molar-refractivity contribution in [3.8, 4) is 0 Å². The molecule has 2 unspecified atom stereocenters. The molecule has 22 heavy (non-hydrogen) atoms. The fraction of sp³-hybridized carbons (Fsp3) is 0.500. The highest BCUT2D eigenvalue weighted by Crippen LogP contribution is 2.36. The van der Waals surface area contributed by atoms with Crippen LogP contribution in [-0.4, -0.2) is 36.4 Å². The molecule has 0 saturated carbocycles. The van der Waals surface area contributed by atoms with Crippen molar-refractivity contribution >= 4 is 39.2 Å². The van der Waals surface area contributed by atoms with E-state index in [4.69, 9.17) is 28.3 Å². The first kappa shape index (κ1) is 17.5. The molecule has 1 aliphatic rings. The van der Waals surface area contributed by atoms with Gasteiger partial charge in [0.25, 0.3) is 0 Å². The average molecular weight is 366 g/mol. The minimum absolute atomic E-state index is 0.0419. The molecule has 0 amide bonds. The maximum absolute atomic E-state index is 12.9. The van der Waals surface area contributed by atoms with E-state index in [0.29, 0.717) is 18.4 Å². The highest BCUT2D eigenvalue weighted by molar-refractivity contribution is 7.89. The van der Waals surface area contributed by atoms with Crippen molar-refractivity contribution in [2.75, 3.05) is 6.54 Å². The topological polar surface area (TPSA) is 74.7 Å². The molecule has 0 bridgehead atoms. The quantitative estimate of drug-likeness (QED) is 0.892. The molecule has 122 valence electrons. The summed E-state index contributed by atoms with van der Waals surface area (Å²) in [6.45, 7) is 3.38. The van der Waals surface area contributed by atoms with Crippen LogP contribution in [-0.2, 0) is 14.8 Å². The lowest BCUT2D eigenvalue weighted by molar-refractivity contribution is -0.143. The van der Waals surface area contributed by atoms with Gasteiger partial charge in [0.05, 0.1) is 16.0 Å². The van der Waals surface area contributed by atoms with Crippen LogP contribution in [0.2, 0.25) is 10.0 Å². The summed E-state index contributed by atoms with van der Waals surface area (Å²) >= 11 is 12.2. The van der Waals surface area contributed by atoms with Crippen molar-refractivity contribution in [2.24, 2.45) is 5.92 Å². The summed E-state index contributed by atoms with van der Waals surface area (Å²) in [6.07, 6.45) is 0.940. The van der Waals surface area contributed by atoms with Gasteiger partial charge < -0.3 is 5.11 Å². The van der Waals surface area contributed by atoms with Gasteiger partial charge >= 0.3 is 5.97 Å². The number of aliphatic carboxylic acids is 1. The predicted molar refractivity (Wildman–Crippen MR) is 84.9 cm³/mol. The molecule has 1 aromatic carbocycles. The molecule has 5 nitrogen and oxygen atoms in total. The van der Waals surface area contributed by atoms with Crippen LogP contribution in [0.5, 0.6) is 0 Å². The minimum atomic E-state index is -3.96. The Kier molecular flexibility index (Phi) is 5.06. The van der Waals surface area contributed by atoms with Crippen molar-refractivity contribution < 1.29 is 18.3 Å². The van der Waals surface area contributed by atoms with Gasteiger partial charge in [-0.3, -0.25) is 4.79 Å². The zero-order valence-electron chi connectivity index (χ0n) is 12.2. The molecule has 1 aromatic rings. The molecule has 0 spiro atoms. The average Bonchev–Trinajstić information content (AvgIpc) is 2.43. The molecule has 1 aliphatic heterocycles. The van der Waals surface area contributed by atoms with Gasteiger partial charge in [0.2, 0.25) is 10.0 Å². The lowest BCUT2D eigenvalue weighted by Crippen LogP contribution is -2.47. The number of carboxylic acid groups (broad SMARTS) is 1. The van der Waals surface area contributed by atoms with E-state index in [0.717, 1.165) is 0 Å². The molecule has 8 heteroatoms. The highest BCUT2D eigenvalue weighted by Gasteiger charge is 2.39. The summed E-state index contributed by atoms with van der Waals surface area (Å²) in [6, 6.07) is 2.83. The van der Waals surface area contributed by atoms with Gasteiger partial charge in [0.1, 0.15) is 4.90 Å². The molecule has 1 saturated heterocycles. The Labute approximate surface area is 139 Å². The van der Waals surface area contributed by atoms with Crippen LogP contribution in [0.4, 0.5) is 0 Å². The van der Waals surface area contributed by atoms with Crippen molar-refractivity contribution in [1.29, 1.82) is 0 Å². The fourth-order valence-electron chi connectivity index (χ4n) is 2.60. The van der Waals surface area contributed by atoms with E-state index in [1.165, 1.54) is 10.4 Å². The minimum Gasteiger partial charge on any atom is -0.481 e. The highest BCUT2D eigenvalue weighted by atomic mass is 35.5. The molecular formula is C14H17Cl2NO4S. The van der Waals surface area contributed by atoms with Gasteiger partial charge in [-0.2, -0.15) is 4.31 Å². The molecule has 1 N–H and O–H groups in total. The molecule has 0 radical (unpaired) electrons. The molecule has 0 aromatic heterocycles. The monoisotopic (exact) mass is 365 g/mol. The number of halogens is 2. The maximum Gasteiger partial charge on any atom is 0.307 e. The first-order valence-electron chi connectivity index (χ1n) is 6.85. The first-order valence-corrected chi connectivity index (χ1v) is 9.05. The normalized spacial score (nSPS) is 23.5. The number of hydrogen-bond acceptors (Lipinski definition) is 3. The largest absolute Gasteiger partial charge is 0.481 e. The van der Waals surface area contributed by atoms with E-state index < -0.39 is 21.9 Å². The zero-order chi connectivity index (χ0) is 16.7. The van der Waals surface area contributed by atoms with Gasteiger partial charge in [-0.05, 0) is 38.3 Å². The summed E-state index contributed by atoms with van der Waals surface area (Å²) in [4.78, 5) is 11.0. The number of aryl methyl sites for hydroxylation is 1. The summed E-state index contributed by atoms with van der Waals surface area (Å²) in [7, 11) is -3.96. The van der Waals surface area contributed by atoms with Crippen LogP contribution >= 0.6 is 23.2 Å². The third-order valence-corrected chi connectivity index (χ3v) is 7.08. The summed E-state index contributed by atoms with van der Waals surface area (Å²) in [5.74, 6) is -1.71. The molecule has 1 fully saturated rings. The van der Waals surface area contributed by atoms with Crippen LogP contribution in [0.15, 0.2) is 17.0 Å². The van der Waals surface area contributed by atoms with E-state index in [1.807, 2.05) is 0 Å². The van der Waals surface area contributed by atoms with Gasteiger partial charge in [0, 0.05) is 12.6 Å². The molecular weight excluding hydrogens is 349 g/mol. The van der Waals surface area contributed by atoms with Crippen molar-refractivity contribution in [3.63, 3.8) is 0 Å². The van der Waals surface area contributed by atoms with Crippen LogP contribution < -0.4 is 0 Å². The number of carboxylic acids is 1. The second-order valence-electron chi connectivity index (χ2n) is 5.54. The third kappa shape index (κ3) is 3.11. The van der Waals surface area contributed by atoms with E-state index in [2.05, 4.69) is 0 Å². The number of piperidine rings is 1. The second kappa shape index (κ2) is 6.35. The second-order valence-corrected chi connectivity index (χ2v) is 8.16. The van der Waals surface area contributed by atoms with E-state index in [9.17, 15) is 13.2 Å². The van der Waals surface area contributed by atoms with Crippen LogP contribution in [0.3, 0.4) is 0 Å². The smallest absolute Gasteiger partial charge is 0.307 e. The maximum atomic E-state index is 12.9. The van der Waals surface area contributed by atoms with E-state index >= 15 is 0 Å². The van der Waals surface area contributed by atoms with Crippen LogP contribution in [0.1, 0.15) is 25.3 Å². The number of carbonyl (C=O) groups is 1. The number of benzene rings is 1. The lowest BCUT2D eigenvalue weighted by Gasteiger charge is -2.35. The Bertz CT molecular complexity index is 705. The SMILES string of the molecule is Cc1ccc(Cl)c(S(=O)(=O)N2CC(C(=O)O)CCC2C)c1Cl. The van der Waals surface area contributed by atoms with Crippen LogP contribution in [0.25, 0.3) is 0 Å². The third-order valence-electron chi connectivity index (χ3n) is 3.98. The number of nitrogens with zero attached hydrogens (tertiary/aromatic N) is 1. The van der Waals surface area contributed by atoms with Gasteiger partial charge in [0.15, 0.2) is 0 Å². The Balaban J connectivity index is 2.50. The van der Waals surface area contributed by atoms with Crippen molar-refractivity contribution in [2.45, 2.75) is 37.6 Å². The number of sulfonamides is 1. The molecule has 1 heterocycles. The zero-order valence-corrected chi connectivity index (χ0v) is 14.5. The van der Waals surface area contributed by atoms with E-state index in [1.54, 1.807) is 19.9 Å². The standard InChI is InChI=1S/C14H17Cl2NO4S/c1-8-3-6-11(15)13(12(8)16)22(20,21)17-7-10(14(18)19)5-4-9(17)2/h3,6,9-10H,4-5,7H2,1-2H3,(H,18,19). The predicted octanol–water partition coefficient (Wildman–Crippen LogP) is 3.18. The van der Waals surface area contributed by atoms with Gasteiger partial charge in [-0.1, -0.05) is 29.3 Å². The van der Waals surface area contributed by atoms with Gasteiger partial charge in [-0.25, -0.2) is 8.42 Å². The number of rotatable bonds is 3. The summed E-state index contributed by atoms with van der Waals surface area (Å²) in [5.41, 5.74) is 0.601. The number of hydrogen-bond donors (Lipinski definition) is 1. The molecule has 2 rings (SSSR count). The van der Waals surface area contributed by atoms with Gasteiger partial charge in [-0.15, -0.1) is 0 Å².